The maximum absolute atomic E-state index is 5.87. The van der Waals surface area contributed by atoms with Crippen molar-refractivity contribution in [3.63, 3.8) is 0 Å². The molecule has 21 heavy (non-hydrogen) atoms. The number of hydrogen-bond acceptors (Lipinski definition) is 6. The lowest BCUT2D eigenvalue weighted by atomic mass is 10.2. The van der Waals surface area contributed by atoms with Gasteiger partial charge in [0.1, 0.15) is 11.4 Å². The van der Waals surface area contributed by atoms with Crippen LogP contribution >= 0.6 is 0 Å². The monoisotopic (exact) mass is 296 g/mol. The largest absolute Gasteiger partial charge is 0.470 e. The van der Waals surface area contributed by atoms with Gasteiger partial charge >= 0.3 is 0 Å². The van der Waals surface area contributed by atoms with Crippen molar-refractivity contribution < 1.29 is 9.47 Å². The fourth-order valence-corrected chi connectivity index (χ4v) is 1.52. The maximum atomic E-state index is 5.87. The Balaban J connectivity index is 2.40. The third-order valence-electron chi connectivity index (χ3n) is 2.53. The zero-order chi connectivity index (χ0) is 15.9. The lowest BCUT2D eigenvalue weighted by Crippen LogP contribution is -2.24. The fourth-order valence-electron chi connectivity index (χ4n) is 1.52. The predicted octanol–water partition coefficient (Wildman–Crippen LogP) is 1.83. The molecule has 0 amide bonds. The highest BCUT2D eigenvalue weighted by molar-refractivity contribution is 5.53. The Morgan fingerprint density at radius 3 is 2.57 bits per heavy atom. The van der Waals surface area contributed by atoms with Gasteiger partial charge in [0.15, 0.2) is 0 Å². The zero-order valence-electron chi connectivity index (χ0n) is 13.8. The average molecular weight is 296 g/mol. The molecule has 0 radical (unpaired) electrons. The Kier molecular flexibility index (Phi) is 6.71. The quantitative estimate of drug-likeness (QED) is 0.713. The van der Waals surface area contributed by atoms with E-state index >= 15 is 0 Å². The number of rotatable bonds is 8. The molecule has 1 aromatic heterocycles. The Labute approximate surface area is 127 Å². The van der Waals surface area contributed by atoms with E-state index in [-0.39, 0.29) is 5.60 Å². The van der Waals surface area contributed by atoms with E-state index in [0.29, 0.717) is 24.7 Å². The topological polar surface area (TPSA) is 72.6 Å². The molecule has 6 heteroatoms. The van der Waals surface area contributed by atoms with Crippen molar-refractivity contribution in [1.82, 2.24) is 9.88 Å². The second-order valence-corrected chi connectivity index (χ2v) is 6.15. The number of aromatic nitrogens is 1. The van der Waals surface area contributed by atoms with Crippen molar-refractivity contribution in [3.05, 3.63) is 12.1 Å². The normalized spacial score (nSPS) is 11.7. The van der Waals surface area contributed by atoms with Crippen LogP contribution in [-0.2, 0) is 4.74 Å². The van der Waals surface area contributed by atoms with Crippen molar-refractivity contribution in [2.24, 2.45) is 0 Å². The minimum Gasteiger partial charge on any atom is -0.470 e. The molecular weight excluding hydrogens is 268 g/mol. The second-order valence-electron chi connectivity index (χ2n) is 6.15. The molecule has 0 aliphatic rings. The molecular formula is C15H28N4O2. The van der Waals surface area contributed by atoms with Crippen LogP contribution in [0.25, 0.3) is 0 Å². The summed E-state index contributed by atoms with van der Waals surface area (Å²) in [5.41, 5.74) is 6.09. The summed E-state index contributed by atoms with van der Waals surface area (Å²) in [5.74, 6) is 1.20. The molecule has 0 aliphatic carbocycles. The van der Waals surface area contributed by atoms with Crippen LogP contribution in [0.3, 0.4) is 0 Å². The number of nitrogen functional groups attached to an aromatic ring is 1. The second kappa shape index (κ2) is 8.05. The van der Waals surface area contributed by atoms with Crippen LogP contribution in [0.5, 0.6) is 5.88 Å². The van der Waals surface area contributed by atoms with Crippen LogP contribution < -0.4 is 15.8 Å². The molecule has 0 aliphatic heterocycles. The first kappa shape index (κ1) is 17.5. The number of hydrogen-bond donors (Lipinski definition) is 2. The number of likely N-dealkylation sites (N-methyl/N-ethyl adjacent to an activating group) is 1. The number of pyridine rings is 1. The van der Waals surface area contributed by atoms with Crippen LogP contribution in [0, 0.1) is 0 Å². The summed E-state index contributed by atoms with van der Waals surface area (Å²) in [4.78, 5) is 6.47. The van der Waals surface area contributed by atoms with E-state index in [1.807, 2.05) is 40.9 Å². The van der Waals surface area contributed by atoms with E-state index in [1.54, 1.807) is 6.07 Å². The molecule has 0 saturated heterocycles. The molecule has 1 aromatic rings. The summed E-state index contributed by atoms with van der Waals surface area (Å²) in [7, 11) is 4.05. The lowest BCUT2D eigenvalue weighted by Gasteiger charge is -2.21. The number of nitrogens with one attached hydrogen (secondary N) is 1. The fraction of sp³-hybridized carbons (Fsp3) is 0.667. The summed E-state index contributed by atoms with van der Waals surface area (Å²) in [5, 5.41) is 3.20. The molecule has 120 valence electrons. The van der Waals surface area contributed by atoms with Crippen LogP contribution in [0.1, 0.15) is 20.8 Å². The van der Waals surface area contributed by atoms with Gasteiger partial charge in [-0.15, -0.1) is 0 Å². The zero-order valence-corrected chi connectivity index (χ0v) is 13.8. The number of nitrogens with zero attached hydrogens (tertiary/aromatic N) is 2. The van der Waals surface area contributed by atoms with E-state index < -0.39 is 0 Å². The van der Waals surface area contributed by atoms with Gasteiger partial charge in [0, 0.05) is 13.1 Å². The van der Waals surface area contributed by atoms with Gasteiger partial charge < -0.3 is 25.4 Å². The minimum absolute atomic E-state index is 0.324. The van der Waals surface area contributed by atoms with Crippen LogP contribution in [0.15, 0.2) is 12.1 Å². The molecule has 0 atom stereocenters. The van der Waals surface area contributed by atoms with E-state index in [4.69, 9.17) is 15.2 Å². The third kappa shape index (κ3) is 7.72. The van der Waals surface area contributed by atoms with Gasteiger partial charge in [-0.25, -0.2) is 0 Å². The molecule has 1 rings (SSSR count). The highest BCUT2D eigenvalue weighted by atomic mass is 16.5. The van der Waals surface area contributed by atoms with Gasteiger partial charge in [-0.3, -0.25) is 0 Å². The van der Waals surface area contributed by atoms with Gasteiger partial charge in [-0.05, 0) is 47.0 Å². The van der Waals surface area contributed by atoms with E-state index in [2.05, 4.69) is 15.2 Å². The SMILES string of the molecule is CN(C)CCOCCNc1ccc(N)c(OC(C)(C)C)n1. The summed E-state index contributed by atoms with van der Waals surface area (Å²) in [6.07, 6.45) is 0. The van der Waals surface area contributed by atoms with Crippen molar-refractivity contribution in [3.8, 4) is 5.88 Å². The number of nitrogens with two attached hydrogens (primary N) is 1. The predicted molar refractivity (Wildman–Crippen MR) is 86.9 cm³/mol. The van der Waals surface area contributed by atoms with Crippen molar-refractivity contribution in [2.75, 3.05) is 51.4 Å². The van der Waals surface area contributed by atoms with Gasteiger partial charge in [-0.2, -0.15) is 4.98 Å². The van der Waals surface area contributed by atoms with Gasteiger partial charge in [0.25, 0.3) is 0 Å². The Hall–Kier alpha value is -1.53. The molecule has 0 bridgehead atoms. The summed E-state index contributed by atoms with van der Waals surface area (Å²) in [6, 6.07) is 3.63. The molecule has 3 N–H and O–H groups in total. The van der Waals surface area contributed by atoms with Gasteiger partial charge in [0.2, 0.25) is 5.88 Å². The first-order chi connectivity index (χ1) is 9.78. The maximum Gasteiger partial charge on any atom is 0.239 e. The lowest BCUT2D eigenvalue weighted by molar-refractivity contribution is 0.124. The molecule has 0 unspecified atom stereocenters. The first-order valence-corrected chi connectivity index (χ1v) is 7.20. The highest BCUT2D eigenvalue weighted by Gasteiger charge is 2.15. The number of anilines is 2. The van der Waals surface area contributed by atoms with Crippen LogP contribution in [0.4, 0.5) is 11.5 Å². The summed E-state index contributed by atoms with van der Waals surface area (Å²) >= 11 is 0. The van der Waals surface area contributed by atoms with Gasteiger partial charge in [-0.1, -0.05) is 0 Å². The molecule has 6 nitrogen and oxygen atoms in total. The summed E-state index contributed by atoms with van der Waals surface area (Å²) in [6.45, 7) is 8.87. The van der Waals surface area contributed by atoms with Gasteiger partial charge in [0.05, 0.1) is 18.9 Å². The van der Waals surface area contributed by atoms with E-state index in [0.717, 1.165) is 19.0 Å². The Morgan fingerprint density at radius 1 is 1.24 bits per heavy atom. The van der Waals surface area contributed by atoms with Crippen molar-refractivity contribution in [1.29, 1.82) is 0 Å². The summed E-state index contributed by atoms with van der Waals surface area (Å²) < 4.78 is 11.2. The molecule has 0 aromatic carbocycles. The molecule has 0 saturated carbocycles. The smallest absolute Gasteiger partial charge is 0.239 e. The highest BCUT2D eigenvalue weighted by Crippen LogP contribution is 2.24. The Morgan fingerprint density at radius 2 is 1.95 bits per heavy atom. The average Bonchev–Trinajstić information content (AvgIpc) is 2.35. The van der Waals surface area contributed by atoms with Crippen molar-refractivity contribution >= 4 is 11.5 Å². The molecule has 0 fully saturated rings. The van der Waals surface area contributed by atoms with E-state index in [1.165, 1.54) is 0 Å². The first-order valence-electron chi connectivity index (χ1n) is 7.20. The Bertz CT molecular complexity index is 430. The van der Waals surface area contributed by atoms with Crippen LogP contribution in [-0.4, -0.2) is 55.9 Å². The molecule has 1 heterocycles. The van der Waals surface area contributed by atoms with E-state index in [9.17, 15) is 0 Å². The van der Waals surface area contributed by atoms with Crippen LogP contribution in [0.2, 0.25) is 0 Å². The standard InChI is InChI=1S/C15H28N4O2/c1-15(2,3)21-14-12(16)6-7-13(18-14)17-8-10-20-11-9-19(4)5/h6-7H,8-11,16H2,1-5H3,(H,17,18). The van der Waals surface area contributed by atoms with Crippen molar-refractivity contribution in [2.45, 2.75) is 26.4 Å². The minimum atomic E-state index is -0.324. The third-order valence-corrected chi connectivity index (χ3v) is 2.53. The molecule has 0 spiro atoms. The number of ether oxygens (including phenoxy) is 2.